The summed E-state index contributed by atoms with van der Waals surface area (Å²) in [5.41, 5.74) is 1.41. The minimum atomic E-state index is -0.570. The van der Waals surface area contributed by atoms with Crippen LogP contribution >= 0.6 is 0 Å². The van der Waals surface area contributed by atoms with Crippen LogP contribution in [-0.4, -0.2) is 36.5 Å². The van der Waals surface area contributed by atoms with Crippen molar-refractivity contribution in [1.82, 2.24) is 4.90 Å². The van der Waals surface area contributed by atoms with Crippen molar-refractivity contribution in [2.24, 2.45) is 11.8 Å². The minimum absolute atomic E-state index is 0.101. The number of piperidine rings is 1. The number of furan rings is 1. The van der Waals surface area contributed by atoms with E-state index >= 15 is 0 Å². The fourth-order valence-electron chi connectivity index (χ4n) is 4.48. The molecule has 0 unspecified atom stereocenters. The maximum Gasteiger partial charge on any atom is 0.375 e. The molecule has 2 fully saturated rings. The van der Waals surface area contributed by atoms with Gasteiger partial charge in [0.1, 0.15) is 5.58 Å². The van der Waals surface area contributed by atoms with Gasteiger partial charge in [-0.2, -0.15) is 0 Å². The van der Waals surface area contributed by atoms with Crippen molar-refractivity contribution < 1.29 is 18.7 Å². The van der Waals surface area contributed by atoms with Crippen LogP contribution in [0.5, 0.6) is 0 Å². The average Bonchev–Trinajstić information content (AvgIpc) is 3.02. The van der Waals surface area contributed by atoms with Crippen LogP contribution in [-0.2, 0) is 9.53 Å². The van der Waals surface area contributed by atoms with Crippen LogP contribution in [0.15, 0.2) is 28.7 Å². The summed E-state index contributed by atoms with van der Waals surface area (Å²) in [6.07, 6.45) is 6.18. The van der Waals surface area contributed by atoms with Gasteiger partial charge in [0.15, 0.2) is 6.61 Å². The topological polar surface area (TPSA) is 59.8 Å². The number of nitrogens with zero attached hydrogens (tertiary/aromatic N) is 1. The summed E-state index contributed by atoms with van der Waals surface area (Å²) in [6, 6.07) is 7.49. The zero-order chi connectivity index (χ0) is 18.1. The van der Waals surface area contributed by atoms with E-state index in [9.17, 15) is 9.59 Å². The van der Waals surface area contributed by atoms with Gasteiger partial charge in [-0.15, -0.1) is 0 Å². The molecule has 0 radical (unpaired) electrons. The predicted molar refractivity (Wildman–Crippen MR) is 97.9 cm³/mol. The number of aryl methyl sites for hydroxylation is 1. The van der Waals surface area contributed by atoms with Gasteiger partial charge in [-0.25, -0.2) is 4.79 Å². The van der Waals surface area contributed by atoms with Crippen molar-refractivity contribution in [3.63, 3.8) is 0 Å². The van der Waals surface area contributed by atoms with Crippen LogP contribution in [0.25, 0.3) is 11.0 Å². The van der Waals surface area contributed by atoms with E-state index in [4.69, 9.17) is 9.15 Å². The van der Waals surface area contributed by atoms with Crippen LogP contribution in [0.4, 0.5) is 0 Å². The first kappa shape index (κ1) is 17.1. The van der Waals surface area contributed by atoms with E-state index in [0.29, 0.717) is 11.5 Å². The number of hydrogen-bond acceptors (Lipinski definition) is 4. The minimum Gasteiger partial charge on any atom is -0.450 e. The number of carbonyl (C=O) groups excluding carboxylic acids is 2. The first-order chi connectivity index (χ1) is 12.6. The largest absolute Gasteiger partial charge is 0.450 e. The van der Waals surface area contributed by atoms with Crippen LogP contribution in [0, 0.1) is 18.8 Å². The second-order valence-corrected chi connectivity index (χ2v) is 7.56. The number of hydrogen-bond donors (Lipinski definition) is 0. The first-order valence-electron chi connectivity index (χ1n) is 9.56. The maximum absolute atomic E-state index is 12.5. The summed E-state index contributed by atoms with van der Waals surface area (Å²) in [4.78, 5) is 26.7. The number of carbonyl (C=O) groups is 2. The van der Waals surface area contributed by atoms with E-state index in [1.807, 2.05) is 36.1 Å². The highest BCUT2D eigenvalue weighted by molar-refractivity contribution is 5.96. The molecule has 26 heavy (non-hydrogen) atoms. The fraction of sp³-hybridized carbons (Fsp3) is 0.524. The number of ether oxygens (including phenoxy) is 1. The third-order valence-corrected chi connectivity index (χ3v) is 6.00. The molecule has 1 amide bonds. The lowest BCUT2D eigenvalue weighted by Crippen LogP contribution is -2.46. The highest BCUT2D eigenvalue weighted by atomic mass is 16.5. The van der Waals surface area contributed by atoms with Gasteiger partial charge in [-0.3, -0.25) is 4.79 Å². The molecule has 138 valence electrons. The van der Waals surface area contributed by atoms with Crippen molar-refractivity contribution in [1.29, 1.82) is 0 Å². The molecule has 1 aromatic heterocycles. The zero-order valence-electron chi connectivity index (χ0n) is 15.2. The monoisotopic (exact) mass is 355 g/mol. The first-order valence-corrected chi connectivity index (χ1v) is 9.56. The Balaban J connectivity index is 1.36. The molecular weight excluding hydrogens is 330 g/mol. The third-order valence-electron chi connectivity index (χ3n) is 6.00. The van der Waals surface area contributed by atoms with Gasteiger partial charge in [0, 0.05) is 24.0 Å². The van der Waals surface area contributed by atoms with E-state index < -0.39 is 5.97 Å². The lowest BCUT2D eigenvalue weighted by atomic mass is 9.75. The third kappa shape index (κ3) is 3.22. The van der Waals surface area contributed by atoms with Crippen LogP contribution in [0.2, 0.25) is 0 Å². The summed E-state index contributed by atoms with van der Waals surface area (Å²) in [6.45, 7) is 3.21. The van der Waals surface area contributed by atoms with Gasteiger partial charge in [-0.1, -0.05) is 37.5 Å². The zero-order valence-corrected chi connectivity index (χ0v) is 15.2. The fourth-order valence-corrected chi connectivity index (χ4v) is 4.48. The average molecular weight is 355 g/mol. The van der Waals surface area contributed by atoms with Crippen molar-refractivity contribution >= 4 is 22.8 Å². The second-order valence-electron chi connectivity index (χ2n) is 7.56. The van der Waals surface area contributed by atoms with Gasteiger partial charge < -0.3 is 14.1 Å². The molecule has 5 nitrogen and oxygen atoms in total. The molecule has 1 aromatic carbocycles. The Labute approximate surface area is 153 Å². The summed E-state index contributed by atoms with van der Waals surface area (Å²) in [7, 11) is 0. The molecule has 0 N–H and O–H groups in total. The molecule has 0 bridgehead atoms. The lowest BCUT2D eigenvalue weighted by molar-refractivity contribution is -0.137. The number of likely N-dealkylation sites (tertiary alicyclic amines) is 1. The van der Waals surface area contributed by atoms with E-state index in [2.05, 4.69) is 0 Å². The summed E-state index contributed by atoms with van der Waals surface area (Å²) in [5.74, 6) is 0.907. The predicted octanol–water partition coefficient (Wildman–Crippen LogP) is 3.94. The van der Waals surface area contributed by atoms with E-state index in [1.54, 1.807) is 0 Å². The Morgan fingerprint density at radius 2 is 1.92 bits per heavy atom. The summed E-state index contributed by atoms with van der Waals surface area (Å²) < 4.78 is 10.9. The number of fused-ring (bicyclic) bond motifs is 2. The molecule has 5 heteroatoms. The molecule has 1 saturated carbocycles. The second kappa shape index (κ2) is 7.14. The van der Waals surface area contributed by atoms with Crippen molar-refractivity contribution in [2.45, 2.75) is 39.0 Å². The highest BCUT2D eigenvalue weighted by Crippen LogP contribution is 2.36. The maximum atomic E-state index is 12.5. The molecule has 1 saturated heterocycles. The Hall–Kier alpha value is -2.30. The van der Waals surface area contributed by atoms with Gasteiger partial charge in [0.2, 0.25) is 5.76 Å². The van der Waals surface area contributed by atoms with Gasteiger partial charge in [0.05, 0.1) is 0 Å². The number of para-hydroxylation sites is 1. The Morgan fingerprint density at radius 1 is 1.15 bits per heavy atom. The summed E-state index contributed by atoms with van der Waals surface area (Å²) in [5, 5.41) is 0.894. The van der Waals surface area contributed by atoms with Crippen LogP contribution < -0.4 is 0 Å². The van der Waals surface area contributed by atoms with E-state index in [1.165, 1.54) is 25.7 Å². The molecular formula is C21H25NO4. The van der Waals surface area contributed by atoms with Crippen molar-refractivity contribution in [2.75, 3.05) is 19.7 Å². The molecule has 2 heterocycles. The van der Waals surface area contributed by atoms with Crippen LogP contribution in [0.1, 0.15) is 48.2 Å². The molecule has 2 atom stereocenters. The Bertz CT molecular complexity index is 825. The number of amides is 1. The lowest BCUT2D eigenvalue weighted by Gasteiger charge is -2.41. The Kier molecular flexibility index (Phi) is 4.70. The molecule has 1 aliphatic heterocycles. The number of esters is 1. The smallest absolute Gasteiger partial charge is 0.375 e. The summed E-state index contributed by atoms with van der Waals surface area (Å²) >= 11 is 0. The molecule has 4 rings (SSSR count). The number of benzene rings is 1. The van der Waals surface area contributed by atoms with Gasteiger partial charge in [0.25, 0.3) is 5.91 Å². The molecule has 2 aliphatic rings. The molecule has 2 aromatic rings. The standard InChI is InChI=1S/C21H25NO4/c1-14-17-8-4-5-9-18(17)26-20(14)21(24)25-13-19(23)22-11-10-15-6-2-3-7-16(15)12-22/h4-5,8-9,15-16H,2-3,6-7,10-13H2,1H3/t15-,16-/m0/s1. The highest BCUT2D eigenvalue weighted by Gasteiger charge is 2.33. The normalized spacial score (nSPS) is 22.9. The van der Waals surface area contributed by atoms with Gasteiger partial charge >= 0.3 is 5.97 Å². The quantitative estimate of drug-likeness (QED) is 0.783. The van der Waals surface area contributed by atoms with Crippen LogP contribution in [0.3, 0.4) is 0 Å². The van der Waals surface area contributed by atoms with E-state index in [-0.39, 0.29) is 18.3 Å². The number of rotatable bonds is 3. The molecule has 1 aliphatic carbocycles. The Morgan fingerprint density at radius 3 is 2.73 bits per heavy atom. The molecule has 0 spiro atoms. The van der Waals surface area contributed by atoms with Crippen molar-refractivity contribution in [3.05, 3.63) is 35.6 Å². The van der Waals surface area contributed by atoms with Gasteiger partial charge in [-0.05, 0) is 37.7 Å². The van der Waals surface area contributed by atoms with E-state index in [0.717, 1.165) is 36.4 Å². The van der Waals surface area contributed by atoms with Crippen molar-refractivity contribution in [3.8, 4) is 0 Å². The SMILES string of the molecule is Cc1c(C(=O)OCC(=O)N2CC[C@@H]3CCCC[C@H]3C2)oc2ccccc12.